The highest BCUT2D eigenvalue weighted by Crippen LogP contribution is 2.43. The van der Waals surface area contributed by atoms with Crippen molar-refractivity contribution >= 4 is 43.6 Å². The smallest absolute Gasteiger partial charge is 0.0546 e. The van der Waals surface area contributed by atoms with Crippen molar-refractivity contribution < 1.29 is 0 Å². The maximum absolute atomic E-state index is 2.46. The first-order chi connectivity index (χ1) is 24.8. The second-order valence-corrected chi connectivity index (χ2v) is 12.9. The molecule has 10 aromatic rings. The minimum atomic E-state index is 1.17. The summed E-state index contributed by atoms with van der Waals surface area (Å²) < 4.78 is 4.89. The van der Waals surface area contributed by atoms with Crippen LogP contribution in [0.4, 0.5) is 0 Å². The lowest BCUT2D eigenvalue weighted by Gasteiger charge is -2.18. The third-order valence-corrected chi connectivity index (χ3v) is 10.1. The maximum Gasteiger partial charge on any atom is 0.0546 e. The maximum atomic E-state index is 2.46. The number of aromatic nitrogens is 2. The molecule has 0 radical (unpaired) electrons. The van der Waals surface area contributed by atoms with Crippen molar-refractivity contribution in [3.63, 3.8) is 0 Å². The molecule has 0 saturated heterocycles. The molecule has 0 amide bonds. The summed E-state index contributed by atoms with van der Waals surface area (Å²) in [5.74, 6) is 0. The van der Waals surface area contributed by atoms with E-state index in [9.17, 15) is 0 Å². The molecule has 0 unspecified atom stereocenters. The van der Waals surface area contributed by atoms with E-state index in [0.29, 0.717) is 0 Å². The van der Waals surface area contributed by atoms with Gasteiger partial charge in [-0.25, -0.2) is 0 Å². The molecule has 0 aliphatic carbocycles. The van der Waals surface area contributed by atoms with Crippen LogP contribution < -0.4 is 0 Å². The second-order valence-electron chi connectivity index (χ2n) is 12.9. The Morgan fingerprint density at radius 1 is 0.260 bits per heavy atom. The average molecular weight is 637 g/mol. The van der Waals surface area contributed by atoms with Gasteiger partial charge in [0, 0.05) is 32.7 Å². The van der Waals surface area contributed by atoms with E-state index in [1.807, 2.05) is 0 Å². The van der Waals surface area contributed by atoms with E-state index in [-0.39, 0.29) is 0 Å². The van der Waals surface area contributed by atoms with Gasteiger partial charge < -0.3 is 9.13 Å². The van der Waals surface area contributed by atoms with E-state index in [0.717, 1.165) is 0 Å². The van der Waals surface area contributed by atoms with Gasteiger partial charge >= 0.3 is 0 Å². The average Bonchev–Trinajstić information content (AvgIpc) is 3.71. The van der Waals surface area contributed by atoms with Gasteiger partial charge in [-0.15, -0.1) is 0 Å². The Balaban J connectivity index is 1.23. The van der Waals surface area contributed by atoms with Gasteiger partial charge in [-0.2, -0.15) is 0 Å². The number of nitrogens with zero attached hydrogens (tertiary/aromatic N) is 2. The highest BCUT2D eigenvalue weighted by molar-refractivity contribution is 6.12. The van der Waals surface area contributed by atoms with Crippen molar-refractivity contribution in [1.82, 2.24) is 9.13 Å². The summed E-state index contributed by atoms with van der Waals surface area (Å²) >= 11 is 0. The first-order valence-electron chi connectivity index (χ1n) is 17.2. The van der Waals surface area contributed by atoms with Gasteiger partial charge in [0.1, 0.15) is 0 Å². The predicted octanol–water partition coefficient (Wildman–Crippen LogP) is 12.9. The molecule has 0 bridgehead atoms. The topological polar surface area (TPSA) is 9.86 Å². The van der Waals surface area contributed by atoms with E-state index in [4.69, 9.17) is 0 Å². The summed E-state index contributed by atoms with van der Waals surface area (Å²) in [6, 6.07) is 70.4. The highest BCUT2D eigenvalue weighted by Gasteiger charge is 2.20. The third kappa shape index (κ3) is 4.36. The van der Waals surface area contributed by atoms with Crippen LogP contribution in [0, 0.1) is 0 Å². The first-order valence-corrected chi connectivity index (χ1v) is 17.2. The van der Waals surface area contributed by atoms with E-state index >= 15 is 0 Å². The van der Waals surface area contributed by atoms with Crippen molar-refractivity contribution in [2.24, 2.45) is 0 Å². The Hall–Kier alpha value is -6.64. The van der Waals surface area contributed by atoms with Gasteiger partial charge in [0.25, 0.3) is 0 Å². The van der Waals surface area contributed by atoms with Crippen LogP contribution in [-0.4, -0.2) is 9.13 Å². The number of para-hydroxylation sites is 4. The molecule has 2 nitrogen and oxygen atoms in total. The van der Waals surface area contributed by atoms with Crippen molar-refractivity contribution in [2.75, 3.05) is 0 Å². The van der Waals surface area contributed by atoms with Crippen LogP contribution in [0.25, 0.3) is 88.4 Å². The fourth-order valence-corrected chi connectivity index (χ4v) is 7.99. The number of fused-ring (bicyclic) bond motifs is 6. The molecular formula is C48H32N2. The lowest BCUT2D eigenvalue weighted by Crippen LogP contribution is -1.99. The fourth-order valence-electron chi connectivity index (χ4n) is 7.99. The standard InChI is InChI=1S/C48H32N2/c1-3-16-33(17-4-1)37-24-15-29-47(48(37)34-18-5-2-6-19-34)50-45-28-14-10-23-40(45)41-32-35(30-31-46(41)50)36-20-7-11-25-42(36)49-43-26-12-8-21-38(43)39-22-9-13-27-44(39)49/h1-32H. The van der Waals surface area contributed by atoms with E-state index < -0.39 is 0 Å². The van der Waals surface area contributed by atoms with Crippen LogP contribution in [0.2, 0.25) is 0 Å². The highest BCUT2D eigenvalue weighted by atomic mass is 15.0. The minimum Gasteiger partial charge on any atom is -0.309 e. The van der Waals surface area contributed by atoms with Gasteiger partial charge in [-0.3, -0.25) is 0 Å². The summed E-state index contributed by atoms with van der Waals surface area (Å²) in [5, 5.41) is 5.01. The Labute approximate surface area is 290 Å². The van der Waals surface area contributed by atoms with Gasteiger partial charge in [-0.05, 0) is 64.7 Å². The Kier molecular flexibility index (Phi) is 6.53. The zero-order chi connectivity index (χ0) is 33.0. The number of hydrogen-bond acceptors (Lipinski definition) is 0. The molecule has 0 saturated carbocycles. The quantitative estimate of drug-likeness (QED) is 0.178. The molecule has 50 heavy (non-hydrogen) atoms. The van der Waals surface area contributed by atoms with E-state index in [1.165, 1.54) is 88.4 Å². The molecule has 10 rings (SSSR count). The normalized spacial score (nSPS) is 11.6. The zero-order valence-corrected chi connectivity index (χ0v) is 27.4. The second kappa shape index (κ2) is 11.5. The molecule has 0 N–H and O–H groups in total. The summed E-state index contributed by atoms with van der Waals surface area (Å²) in [6.45, 7) is 0. The largest absolute Gasteiger partial charge is 0.309 e. The van der Waals surface area contributed by atoms with Crippen molar-refractivity contribution in [1.29, 1.82) is 0 Å². The van der Waals surface area contributed by atoms with Crippen LogP contribution >= 0.6 is 0 Å². The van der Waals surface area contributed by atoms with Gasteiger partial charge in [0.2, 0.25) is 0 Å². The molecule has 0 spiro atoms. The monoisotopic (exact) mass is 636 g/mol. The molecule has 2 heteroatoms. The van der Waals surface area contributed by atoms with Crippen LogP contribution in [0.1, 0.15) is 0 Å². The number of benzene rings is 8. The summed E-state index contributed by atoms with van der Waals surface area (Å²) in [5.41, 5.74) is 14.4. The molecule has 2 aromatic heterocycles. The van der Waals surface area contributed by atoms with Crippen LogP contribution in [-0.2, 0) is 0 Å². The molecule has 0 fully saturated rings. The minimum absolute atomic E-state index is 1.17. The molecule has 234 valence electrons. The Morgan fingerprint density at radius 2 is 0.720 bits per heavy atom. The number of hydrogen-bond donors (Lipinski definition) is 0. The van der Waals surface area contributed by atoms with E-state index in [2.05, 4.69) is 203 Å². The van der Waals surface area contributed by atoms with Gasteiger partial charge in [0.05, 0.1) is 33.4 Å². The predicted molar refractivity (Wildman–Crippen MR) is 211 cm³/mol. The summed E-state index contributed by atoms with van der Waals surface area (Å²) in [4.78, 5) is 0. The first kappa shape index (κ1) is 28.4. The number of rotatable bonds is 5. The molecule has 0 atom stereocenters. The van der Waals surface area contributed by atoms with Crippen molar-refractivity contribution in [2.45, 2.75) is 0 Å². The molecule has 0 aliphatic heterocycles. The molecule has 2 heterocycles. The van der Waals surface area contributed by atoms with Gasteiger partial charge in [0.15, 0.2) is 0 Å². The molecule has 0 aliphatic rings. The Bertz CT molecular complexity index is 2800. The summed E-state index contributed by atoms with van der Waals surface area (Å²) in [7, 11) is 0. The fraction of sp³-hybridized carbons (Fsp3) is 0. The van der Waals surface area contributed by atoms with Crippen LogP contribution in [0.3, 0.4) is 0 Å². The van der Waals surface area contributed by atoms with E-state index in [1.54, 1.807) is 0 Å². The van der Waals surface area contributed by atoms with Gasteiger partial charge in [-0.1, -0.05) is 152 Å². The van der Waals surface area contributed by atoms with Crippen molar-refractivity contribution in [3.05, 3.63) is 194 Å². The van der Waals surface area contributed by atoms with Crippen molar-refractivity contribution in [3.8, 4) is 44.8 Å². The zero-order valence-electron chi connectivity index (χ0n) is 27.4. The van der Waals surface area contributed by atoms with Crippen LogP contribution in [0.5, 0.6) is 0 Å². The molecule has 8 aromatic carbocycles. The Morgan fingerprint density at radius 3 is 1.38 bits per heavy atom. The SMILES string of the molecule is c1ccc(-c2cccc(-n3c4ccccc4c4cc(-c5ccccc5-n5c6ccccc6c6ccccc65)ccc43)c2-c2ccccc2)cc1. The lowest BCUT2D eigenvalue weighted by atomic mass is 9.93. The molecular weight excluding hydrogens is 605 g/mol. The lowest BCUT2D eigenvalue weighted by molar-refractivity contribution is 1.18. The van der Waals surface area contributed by atoms with Crippen LogP contribution in [0.15, 0.2) is 194 Å². The third-order valence-electron chi connectivity index (χ3n) is 10.1. The summed E-state index contributed by atoms with van der Waals surface area (Å²) in [6.07, 6.45) is 0.